The zero-order valence-corrected chi connectivity index (χ0v) is 35.6. The first-order chi connectivity index (χ1) is 32.7. The van der Waals surface area contributed by atoms with Crippen LogP contribution in [0.5, 0.6) is 0 Å². The van der Waals surface area contributed by atoms with Crippen molar-refractivity contribution >= 4 is 32.7 Å². The zero-order valence-electron chi connectivity index (χ0n) is 35.6. The molecule has 14 rings (SSSR count). The molecule has 0 radical (unpaired) electrons. The number of nitrogens with zero attached hydrogens (tertiary/aromatic N) is 3. The van der Waals surface area contributed by atoms with Gasteiger partial charge in [0, 0.05) is 27.5 Å². The standard InChI is InChI=1S/C62H37N3O/c1-3-14-38(15-4-1)59-63-60(39-16-5-2-6-17-39)65-61(64-59)50-21-13-25-57-58(50)51-36-44(31-33-56(51)66-57)42-28-26-41-35-43(29-27-40(41)34-42)45-30-32-49-48-20-9-12-24-54(48)62(55(49)37-45)52-22-10-7-18-46(52)47-19-8-11-23-53(47)62/h1-37H. The molecular weight excluding hydrogens is 803 g/mol. The molecule has 66 heavy (non-hydrogen) atoms. The average Bonchev–Trinajstić information content (AvgIpc) is 4.02. The van der Waals surface area contributed by atoms with E-state index in [9.17, 15) is 0 Å². The molecule has 0 saturated heterocycles. The Morgan fingerprint density at radius 2 is 0.742 bits per heavy atom. The Morgan fingerprint density at radius 3 is 1.33 bits per heavy atom. The SMILES string of the molecule is c1ccc(-c2nc(-c3ccccc3)nc(-c3cccc4oc5ccc(-c6ccc7cc(-c8ccc9c(c8)C8(c%10ccccc%10-c%10ccccc%108)c8ccccc8-9)ccc7c6)cc5c34)n2)cc1. The first-order valence-electron chi connectivity index (χ1n) is 22.5. The van der Waals surface area contributed by atoms with Crippen LogP contribution in [-0.2, 0) is 5.41 Å². The van der Waals surface area contributed by atoms with Crippen LogP contribution in [0.4, 0.5) is 0 Å². The number of hydrogen-bond donors (Lipinski definition) is 0. The van der Waals surface area contributed by atoms with Crippen molar-refractivity contribution in [3.63, 3.8) is 0 Å². The second-order valence-corrected chi connectivity index (χ2v) is 17.5. The van der Waals surface area contributed by atoms with Crippen LogP contribution in [0.2, 0.25) is 0 Å². The minimum atomic E-state index is -0.370. The van der Waals surface area contributed by atoms with Crippen LogP contribution in [0.1, 0.15) is 22.3 Å². The third-order valence-electron chi connectivity index (χ3n) is 13.9. The largest absolute Gasteiger partial charge is 0.456 e. The first-order valence-corrected chi connectivity index (χ1v) is 22.5. The van der Waals surface area contributed by atoms with Gasteiger partial charge in [-0.25, -0.2) is 15.0 Å². The fraction of sp³-hybridized carbons (Fsp3) is 0.0161. The topological polar surface area (TPSA) is 51.8 Å². The number of fused-ring (bicyclic) bond motifs is 14. The molecule has 0 unspecified atom stereocenters. The predicted octanol–water partition coefficient (Wildman–Crippen LogP) is 15.6. The summed E-state index contributed by atoms with van der Waals surface area (Å²) in [5.41, 5.74) is 19.3. The highest BCUT2D eigenvalue weighted by Crippen LogP contribution is 2.63. The van der Waals surface area contributed by atoms with E-state index in [0.29, 0.717) is 17.5 Å². The lowest BCUT2D eigenvalue weighted by Gasteiger charge is -2.30. The lowest BCUT2D eigenvalue weighted by molar-refractivity contribution is 0.669. The fourth-order valence-corrected chi connectivity index (χ4v) is 11.0. The van der Waals surface area contributed by atoms with E-state index in [1.54, 1.807) is 0 Å². The number of furan rings is 1. The lowest BCUT2D eigenvalue weighted by Crippen LogP contribution is -2.25. The minimum absolute atomic E-state index is 0.370. The van der Waals surface area contributed by atoms with Crippen molar-refractivity contribution in [2.75, 3.05) is 0 Å². The summed E-state index contributed by atoms with van der Waals surface area (Å²) in [6.45, 7) is 0. The third-order valence-corrected chi connectivity index (χ3v) is 13.9. The first kappa shape index (κ1) is 36.7. The Balaban J connectivity index is 0.859. The van der Waals surface area contributed by atoms with Crippen molar-refractivity contribution in [2.45, 2.75) is 5.41 Å². The molecule has 0 amide bonds. The minimum Gasteiger partial charge on any atom is -0.456 e. The summed E-state index contributed by atoms with van der Waals surface area (Å²) in [7, 11) is 0. The van der Waals surface area contributed by atoms with E-state index in [-0.39, 0.29) is 5.41 Å². The molecule has 2 aliphatic rings. The van der Waals surface area contributed by atoms with Crippen LogP contribution in [0, 0.1) is 0 Å². The van der Waals surface area contributed by atoms with Crippen LogP contribution in [0.15, 0.2) is 229 Å². The van der Waals surface area contributed by atoms with Gasteiger partial charge in [-0.2, -0.15) is 0 Å². The summed E-state index contributed by atoms with van der Waals surface area (Å²) in [6, 6.07) is 80.6. The molecule has 0 bridgehead atoms. The normalized spacial score (nSPS) is 13.0. The highest BCUT2D eigenvalue weighted by molar-refractivity contribution is 6.13. The Morgan fingerprint density at radius 1 is 0.288 bits per heavy atom. The molecule has 4 heteroatoms. The van der Waals surface area contributed by atoms with E-state index in [2.05, 4.69) is 152 Å². The van der Waals surface area contributed by atoms with Gasteiger partial charge in [0.15, 0.2) is 17.5 Å². The van der Waals surface area contributed by atoms with E-state index in [4.69, 9.17) is 19.4 Å². The van der Waals surface area contributed by atoms with Gasteiger partial charge in [-0.05, 0) is 114 Å². The molecule has 0 atom stereocenters. The third kappa shape index (κ3) is 5.36. The number of rotatable bonds is 5. The van der Waals surface area contributed by atoms with Gasteiger partial charge in [-0.1, -0.05) is 188 Å². The molecule has 2 heterocycles. The maximum absolute atomic E-state index is 6.50. The maximum atomic E-state index is 6.50. The predicted molar refractivity (Wildman–Crippen MR) is 268 cm³/mol. The fourth-order valence-electron chi connectivity index (χ4n) is 11.0. The van der Waals surface area contributed by atoms with Gasteiger partial charge in [0.25, 0.3) is 0 Å². The molecule has 0 aliphatic heterocycles. The molecule has 0 N–H and O–H groups in total. The molecule has 12 aromatic rings. The van der Waals surface area contributed by atoms with Gasteiger partial charge >= 0.3 is 0 Å². The van der Waals surface area contributed by atoms with E-state index in [1.807, 2.05) is 72.8 Å². The molecule has 2 aromatic heterocycles. The van der Waals surface area contributed by atoms with Crippen LogP contribution in [0.25, 0.3) is 111 Å². The van der Waals surface area contributed by atoms with E-state index < -0.39 is 0 Å². The number of benzene rings is 10. The molecule has 1 spiro atoms. The van der Waals surface area contributed by atoms with Gasteiger partial charge in [0.1, 0.15) is 11.2 Å². The smallest absolute Gasteiger partial charge is 0.164 e. The summed E-state index contributed by atoms with van der Waals surface area (Å²) < 4.78 is 6.50. The summed E-state index contributed by atoms with van der Waals surface area (Å²) in [5, 5.41) is 4.37. The van der Waals surface area contributed by atoms with Gasteiger partial charge in [-0.3, -0.25) is 0 Å². The Labute approximate surface area is 381 Å². The van der Waals surface area contributed by atoms with Crippen LogP contribution in [0.3, 0.4) is 0 Å². The second-order valence-electron chi connectivity index (χ2n) is 17.5. The molecule has 0 saturated carbocycles. The number of aromatic nitrogens is 3. The molecule has 306 valence electrons. The van der Waals surface area contributed by atoms with E-state index in [1.165, 1.54) is 66.4 Å². The average molecular weight is 840 g/mol. The summed E-state index contributed by atoms with van der Waals surface area (Å²) in [4.78, 5) is 15.1. The molecule has 2 aliphatic carbocycles. The van der Waals surface area contributed by atoms with Crippen LogP contribution >= 0.6 is 0 Å². The van der Waals surface area contributed by atoms with Crippen molar-refractivity contribution in [1.82, 2.24) is 15.0 Å². The highest BCUT2D eigenvalue weighted by Gasteiger charge is 2.51. The van der Waals surface area contributed by atoms with Crippen molar-refractivity contribution in [2.24, 2.45) is 0 Å². The Kier molecular flexibility index (Phi) is 7.87. The van der Waals surface area contributed by atoms with Gasteiger partial charge in [-0.15, -0.1) is 0 Å². The molecule has 4 nitrogen and oxygen atoms in total. The zero-order chi connectivity index (χ0) is 43.3. The van der Waals surface area contributed by atoms with Crippen molar-refractivity contribution in [3.8, 4) is 78.7 Å². The Bertz CT molecular complexity index is 3820. The highest BCUT2D eigenvalue weighted by atomic mass is 16.3. The van der Waals surface area contributed by atoms with E-state index in [0.717, 1.165) is 49.8 Å². The van der Waals surface area contributed by atoms with Gasteiger partial charge in [0.2, 0.25) is 0 Å². The molecule has 0 fully saturated rings. The summed E-state index contributed by atoms with van der Waals surface area (Å²) in [6.07, 6.45) is 0. The lowest BCUT2D eigenvalue weighted by atomic mass is 9.70. The van der Waals surface area contributed by atoms with Crippen molar-refractivity contribution in [3.05, 3.63) is 247 Å². The van der Waals surface area contributed by atoms with Crippen LogP contribution < -0.4 is 0 Å². The summed E-state index contributed by atoms with van der Waals surface area (Å²) >= 11 is 0. The second kappa shape index (κ2) is 14.1. The Hall–Kier alpha value is -8.73. The van der Waals surface area contributed by atoms with Crippen molar-refractivity contribution < 1.29 is 4.42 Å². The van der Waals surface area contributed by atoms with E-state index >= 15 is 0 Å². The monoisotopic (exact) mass is 839 g/mol. The molecule has 10 aromatic carbocycles. The van der Waals surface area contributed by atoms with Crippen molar-refractivity contribution in [1.29, 1.82) is 0 Å². The molecular formula is C62H37N3O. The maximum Gasteiger partial charge on any atom is 0.164 e. The summed E-state index contributed by atoms with van der Waals surface area (Å²) in [5.74, 6) is 1.85. The quantitative estimate of drug-likeness (QED) is 0.173. The van der Waals surface area contributed by atoms with Crippen LogP contribution in [-0.4, -0.2) is 15.0 Å². The number of hydrogen-bond acceptors (Lipinski definition) is 4. The van der Waals surface area contributed by atoms with Gasteiger partial charge in [0.05, 0.1) is 5.41 Å². The van der Waals surface area contributed by atoms with Gasteiger partial charge < -0.3 is 4.42 Å².